The van der Waals surface area contributed by atoms with E-state index in [1.165, 1.54) is 11.4 Å². The van der Waals surface area contributed by atoms with Crippen molar-refractivity contribution in [3.63, 3.8) is 0 Å². The molecule has 0 aliphatic rings. The summed E-state index contributed by atoms with van der Waals surface area (Å²) in [6, 6.07) is 10.4. The zero-order chi connectivity index (χ0) is 13.1. The molecular weight excluding hydrogens is 224 g/mol. The van der Waals surface area contributed by atoms with Crippen LogP contribution in [0, 0.1) is 6.92 Å². The largest absolute Gasteiger partial charge is 0.369 e. The van der Waals surface area contributed by atoms with Gasteiger partial charge < -0.3 is 10.6 Å². The van der Waals surface area contributed by atoms with Crippen molar-refractivity contribution in [3.8, 4) is 0 Å². The Kier molecular flexibility index (Phi) is 3.67. The van der Waals surface area contributed by atoms with Gasteiger partial charge in [-0.2, -0.15) is 5.10 Å². The van der Waals surface area contributed by atoms with Crippen LogP contribution in [-0.4, -0.2) is 16.8 Å². The van der Waals surface area contributed by atoms with E-state index in [1.807, 2.05) is 30.8 Å². The Morgan fingerprint density at radius 1 is 1.33 bits per heavy atom. The van der Waals surface area contributed by atoms with Crippen LogP contribution in [0.5, 0.6) is 0 Å². The number of rotatable bonds is 4. The first kappa shape index (κ1) is 12.6. The SMILES string of the molecule is Cc1cc(CN(C)c2cccc(CN)c2)n(C)n1. The van der Waals surface area contributed by atoms with Crippen LogP contribution in [-0.2, 0) is 20.1 Å². The summed E-state index contributed by atoms with van der Waals surface area (Å²) in [4.78, 5) is 2.20. The monoisotopic (exact) mass is 244 g/mol. The van der Waals surface area contributed by atoms with Crippen LogP contribution in [0.2, 0.25) is 0 Å². The third-order valence-corrected chi connectivity index (χ3v) is 3.09. The minimum absolute atomic E-state index is 0.576. The lowest BCUT2D eigenvalue weighted by molar-refractivity contribution is 0.694. The van der Waals surface area contributed by atoms with Gasteiger partial charge in [-0.1, -0.05) is 12.1 Å². The first-order chi connectivity index (χ1) is 8.60. The van der Waals surface area contributed by atoms with Gasteiger partial charge in [-0.3, -0.25) is 4.68 Å². The normalized spacial score (nSPS) is 10.7. The Labute approximate surface area is 108 Å². The van der Waals surface area contributed by atoms with Crippen LogP contribution >= 0.6 is 0 Å². The fourth-order valence-electron chi connectivity index (χ4n) is 2.07. The van der Waals surface area contributed by atoms with E-state index in [-0.39, 0.29) is 0 Å². The maximum Gasteiger partial charge on any atom is 0.0597 e. The molecule has 1 heterocycles. The average Bonchev–Trinajstić information content (AvgIpc) is 2.68. The van der Waals surface area contributed by atoms with Crippen molar-refractivity contribution in [1.29, 1.82) is 0 Å². The lowest BCUT2D eigenvalue weighted by atomic mass is 10.2. The smallest absolute Gasteiger partial charge is 0.0597 e. The third kappa shape index (κ3) is 2.71. The molecule has 0 spiro atoms. The number of hydrogen-bond donors (Lipinski definition) is 1. The van der Waals surface area contributed by atoms with E-state index in [0.29, 0.717) is 6.54 Å². The molecule has 2 aromatic rings. The number of aryl methyl sites for hydroxylation is 2. The predicted molar refractivity (Wildman–Crippen MR) is 74.4 cm³/mol. The summed E-state index contributed by atoms with van der Waals surface area (Å²) in [7, 11) is 4.06. The van der Waals surface area contributed by atoms with Crippen LogP contribution in [0.4, 0.5) is 5.69 Å². The number of benzene rings is 1. The van der Waals surface area contributed by atoms with Crippen LogP contribution in [0.25, 0.3) is 0 Å². The van der Waals surface area contributed by atoms with Crippen molar-refractivity contribution in [2.45, 2.75) is 20.0 Å². The highest BCUT2D eigenvalue weighted by atomic mass is 15.3. The Hall–Kier alpha value is -1.81. The molecule has 0 aliphatic carbocycles. The predicted octanol–water partition coefficient (Wildman–Crippen LogP) is 1.82. The van der Waals surface area contributed by atoms with Gasteiger partial charge in [-0.15, -0.1) is 0 Å². The molecule has 0 unspecified atom stereocenters. The fourth-order valence-corrected chi connectivity index (χ4v) is 2.07. The molecule has 0 radical (unpaired) electrons. The van der Waals surface area contributed by atoms with Gasteiger partial charge in [0.15, 0.2) is 0 Å². The minimum Gasteiger partial charge on any atom is -0.369 e. The zero-order valence-electron chi connectivity index (χ0n) is 11.2. The highest BCUT2D eigenvalue weighted by Crippen LogP contribution is 2.17. The molecule has 0 fully saturated rings. The van der Waals surface area contributed by atoms with Crippen molar-refractivity contribution in [1.82, 2.24) is 9.78 Å². The minimum atomic E-state index is 0.576. The molecule has 0 aliphatic heterocycles. The van der Waals surface area contributed by atoms with Crippen LogP contribution in [0.1, 0.15) is 17.0 Å². The van der Waals surface area contributed by atoms with Crippen LogP contribution in [0.15, 0.2) is 30.3 Å². The molecular formula is C14H20N4. The summed E-state index contributed by atoms with van der Waals surface area (Å²) in [6.07, 6.45) is 0. The van der Waals surface area contributed by atoms with Gasteiger partial charge in [0, 0.05) is 26.3 Å². The molecule has 4 nitrogen and oxygen atoms in total. The number of nitrogens with two attached hydrogens (primary N) is 1. The molecule has 1 aromatic carbocycles. The van der Waals surface area contributed by atoms with Gasteiger partial charge in [-0.05, 0) is 30.7 Å². The van der Waals surface area contributed by atoms with Crippen molar-refractivity contribution in [2.75, 3.05) is 11.9 Å². The highest BCUT2D eigenvalue weighted by molar-refractivity contribution is 5.48. The van der Waals surface area contributed by atoms with Crippen molar-refractivity contribution < 1.29 is 0 Å². The molecule has 0 bridgehead atoms. The lowest BCUT2D eigenvalue weighted by Crippen LogP contribution is -2.18. The molecule has 0 saturated heterocycles. The van der Waals surface area contributed by atoms with E-state index in [2.05, 4.69) is 35.2 Å². The number of aromatic nitrogens is 2. The quantitative estimate of drug-likeness (QED) is 0.892. The van der Waals surface area contributed by atoms with Gasteiger partial charge in [-0.25, -0.2) is 0 Å². The van der Waals surface area contributed by atoms with E-state index in [1.54, 1.807) is 0 Å². The summed E-state index contributed by atoms with van der Waals surface area (Å²) < 4.78 is 1.93. The highest BCUT2D eigenvalue weighted by Gasteiger charge is 2.07. The standard InChI is InChI=1S/C14H20N4/c1-11-7-14(18(3)16-11)10-17(2)13-6-4-5-12(8-13)9-15/h4-8H,9-10,15H2,1-3H3. The number of hydrogen-bond acceptors (Lipinski definition) is 3. The maximum atomic E-state index is 5.67. The Balaban J connectivity index is 2.16. The van der Waals surface area contributed by atoms with Crippen molar-refractivity contribution in [3.05, 3.63) is 47.3 Å². The Morgan fingerprint density at radius 3 is 2.72 bits per heavy atom. The van der Waals surface area contributed by atoms with Gasteiger partial charge in [0.25, 0.3) is 0 Å². The fraction of sp³-hybridized carbons (Fsp3) is 0.357. The van der Waals surface area contributed by atoms with E-state index >= 15 is 0 Å². The first-order valence-corrected chi connectivity index (χ1v) is 6.10. The molecule has 96 valence electrons. The molecule has 18 heavy (non-hydrogen) atoms. The van der Waals surface area contributed by atoms with Crippen LogP contribution < -0.4 is 10.6 Å². The van der Waals surface area contributed by atoms with Gasteiger partial charge in [0.05, 0.1) is 17.9 Å². The third-order valence-electron chi connectivity index (χ3n) is 3.09. The summed E-state index contributed by atoms with van der Waals surface area (Å²) in [5.41, 5.74) is 10.3. The molecule has 2 N–H and O–H groups in total. The Morgan fingerprint density at radius 2 is 2.11 bits per heavy atom. The van der Waals surface area contributed by atoms with Crippen molar-refractivity contribution >= 4 is 5.69 Å². The molecule has 2 rings (SSSR count). The second-order valence-electron chi connectivity index (χ2n) is 4.63. The second-order valence-corrected chi connectivity index (χ2v) is 4.63. The molecule has 1 aromatic heterocycles. The number of nitrogens with zero attached hydrogens (tertiary/aromatic N) is 3. The molecule has 0 saturated carbocycles. The summed E-state index contributed by atoms with van der Waals surface area (Å²) in [6.45, 7) is 3.43. The van der Waals surface area contributed by atoms with E-state index in [9.17, 15) is 0 Å². The topological polar surface area (TPSA) is 47.1 Å². The first-order valence-electron chi connectivity index (χ1n) is 6.10. The second kappa shape index (κ2) is 5.23. The molecule has 0 amide bonds. The van der Waals surface area contributed by atoms with E-state index in [0.717, 1.165) is 17.8 Å². The zero-order valence-corrected chi connectivity index (χ0v) is 11.2. The maximum absolute atomic E-state index is 5.67. The van der Waals surface area contributed by atoms with Crippen LogP contribution in [0.3, 0.4) is 0 Å². The summed E-state index contributed by atoms with van der Waals surface area (Å²) >= 11 is 0. The summed E-state index contributed by atoms with van der Waals surface area (Å²) in [5.74, 6) is 0. The van der Waals surface area contributed by atoms with Crippen molar-refractivity contribution in [2.24, 2.45) is 12.8 Å². The van der Waals surface area contributed by atoms with Gasteiger partial charge >= 0.3 is 0 Å². The Bertz CT molecular complexity index is 530. The average molecular weight is 244 g/mol. The van der Waals surface area contributed by atoms with Gasteiger partial charge in [0.2, 0.25) is 0 Å². The lowest BCUT2D eigenvalue weighted by Gasteiger charge is -2.19. The molecule has 4 heteroatoms. The molecule has 0 atom stereocenters. The van der Waals surface area contributed by atoms with Gasteiger partial charge in [0.1, 0.15) is 0 Å². The summed E-state index contributed by atoms with van der Waals surface area (Å²) in [5, 5.41) is 4.36. The number of anilines is 1. The van der Waals surface area contributed by atoms with E-state index in [4.69, 9.17) is 5.73 Å². The van der Waals surface area contributed by atoms with E-state index < -0.39 is 0 Å².